The third-order valence-electron chi connectivity index (χ3n) is 6.21. The minimum Gasteiger partial charge on any atom is -0.352 e. The van der Waals surface area contributed by atoms with Crippen molar-refractivity contribution in [1.82, 2.24) is 14.5 Å². The predicted molar refractivity (Wildman–Crippen MR) is 106 cm³/mol. The number of carbonyl (C=O) groups is 1. The van der Waals surface area contributed by atoms with Crippen LogP contribution in [0.5, 0.6) is 0 Å². The number of piperazine rings is 1. The molecule has 1 saturated heterocycles. The number of benzene rings is 1. The van der Waals surface area contributed by atoms with E-state index in [9.17, 15) is 17.6 Å². The number of hydrogen-bond donors (Lipinski definition) is 1. The van der Waals surface area contributed by atoms with E-state index in [0.29, 0.717) is 24.9 Å². The van der Waals surface area contributed by atoms with Crippen molar-refractivity contribution in [3.8, 4) is 0 Å². The van der Waals surface area contributed by atoms with Gasteiger partial charge in [0.2, 0.25) is 15.9 Å². The smallest absolute Gasteiger partial charge is 0.246 e. The summed E-state index contributed by atoms with van der Waals surface area (Å²) in [6.45, 7) is 6.11. The van der Waals surface area contributed by atoms with Gasteiger partial charge < -0.3 is 5.32 Å². The second kappa shape index (κ2) is 8.88. The second-order valence-electron chi connectivity index (χ2n) is 8.05. The van der Waals surface area contributed by atoms with Gasteiger partial charge in [-0.25, -0.2) is 12.8 Å². The number of hydrogen-bond acceptors (Lipinski definition) is 4. The highest BCUT2D eigenvalue weighted by Gasteiger charge is 2.32. The lowest BCUT2D eigenvalue weighted by molar-refractivity contribution is -0.124. The minimum absolute atomic E-state index is 0.00337. The average molecular weight is 412 g/mol. The zero-order valence-electron chi connectivity index (χ0n) is 16.6. The largest absolute Gasteiger partial charge is 0.352 e. The van der Waals surface area contributed by atoms with E-state index in [1.165, 1.54) is 28.9 Å². The van der Waals surface area contributed by atoms with Crippen LogP contribution in [0.3, 0.4) is 0 Å². The van der Waals surface area contributed by atoms with E-state index in [-0.39, 0.29) is 36.5 Å². The Balaban J connectivity index is 1.51. The van der Waals surface area contributed by atoms with Gasteiger partial charge >= 0.3 is 0 Å². The van der Waals surface area contributed by atoms with Crippen molar-refractivity contribution in [2.75, 3.05) is 32.7 Å². The summed E-state index contributed by atoms with van der Waals surface area (Å²) in [5.74, 6) is 0.350. The maximum atomic E-state index is 13.9. The monoisotopic (exact) mass is 411 g/mol. The Morgan fingerprint density at radius 3 is 2.50 bits per heavy atom. The van der Waals surface area contributed by atoms with Crippen molar-refractivity contribution in [3.05, 3.63) is 30.1 Å². The van der Waals surface area contributed by atoms with Gasteiger partial charge in [-0.1, -0.05) is 38.8 Å². The van der Waals surface area contributed by atoms with Crippen molar-refractivity contribution in [3.63, 3.8) is 0 Å². The van der Waals surface area contributed by atoms with Crippen LogP contribution in [0.15, 0.2) is 29.2 Å². The van der Waals surface area contributed by atoms with Gasteiger partial charge in [0.05, 0.1) is 6.54 Å². The van der Waals surface area contributed by atoms with Gasteiger partial charge in [0.1, 0.15) is 10.7 Å². The van der Waals surface area contributed by atoms with Crippen LogP contribution in [-0.4, -0.2) is 62.3 Å². The van der Waals surface area contributed by atoms with E-state index in [0.717, 1.165) is 18.9 Å². The minimum atomic E-state index is -3.85. The molecule has 0 unspecified atom stereocenters. The molecular formula is C20H30FN3O3S. The Labute approximate surface area is 167 Å². The molecule has 0 radical (unpaired) electrons. The molecule has 0 aromatic heterocycles. The van der Waals surface area contributed by atoms with E-state index in [1.807, 2.05) is 4.90 Å². The fourth-order valence-electron chi connectivity index (χ4n) is 4.16. The van der Waals surface area contributed by atoms with Crippen LogP contribution in [0.1, 0.15) is 33.1 Å². The van der Waals surface area contributed by atoms with Crippen LogP contribution in [0, 0.1) is 17.7 Å². The van der Waals surface area contributed by atoms with E-state index in [2.05, 4.69) is 19.2 Å². The lowest BCUT2D eigenvalue weighted by Gasteiger charge is -2.36. The van der Waals surface area contributed by atoms with Gasteiger partial charge in [0, 0.05) is 32.2 Å². The molecule has 1 N–H and O–H groups in total. The molecule has 0 bridgehead atoms. The van der Waals surface area contributed by atoms with Gasteiger partial charge in [-0.2, -0.15) is 4.31 Å². The number of nitrogens with one attached hydrogen (secondary N) is 1. The molecule has 1 aromatic carbocycles. The third kappa shape index (κ3) is 4.72. The lowest BCUT2D eigenvalue weighted by atomic mass is 9.78. The maximum absolute atomic E-state index is 13.9. The second-order valence-corrected chi connectivity index (χ2v) is 9.96. The zero-order valence-corrected chi connectivity index (χ0v) is 17.4. The van der Waals surface area contributed by atoms with E-state index < -0.39 is 15.8 Å². The molecule has 1 saturated carbocycles. The number of nitrogens with zero attached hydrogens (tertiary/aromatic N) is 2. The zero-order chi connectivity index (χ0) is 20.3. The standard InChI is InChI=1S/C20H30FN3O3S/c1-15-6-5-8-18(16(15)2)22-20(25)14-23-10-12-24(13-11-23)28(26,27)19-9-4-3-7-17(19)21/h3-4,7,9,15-16,18H,5-6,8,10-14H2,1-2H3,(H,22,25)/t15-,16+,18+/m0/s1. The average Bonchev–Trinajstić information content (AvgIpc) is 2.66. The molecule has 8 heteroatoms. The van der Waals surface area contributed by atoms with E-state index in [1.54, 1.807) is 0 Å². The number of rotatable bonds is 5. The number of carbonyl (C=O) groups excluding carboxylic acids is 1. The summed E-state index contributed by atoms with van der Waals surface area (Å²) in [4.78, 5) is 14.1. The van der Waals surface area contributed by atoms with E-state index in [4.69, 9.17) is 0 Å². The van der Waals surface area contributed by atoms with Crippen molar-refractivity contribution >= 4 is 15.9 Å². The summed E-state index contributed by atoms with van der Waals surface area (Å²) < 4.78 is 40.5. The first kappa shape index (κ1) is 21.2. The Hall–Kier alpha value is -1.51. The Bertz CT molecular complexity index is 794. The molecule has 1 heterocycles. The highest BCUT2D eigenvalue weighted by molar-refractivity contribution is 7.89. The van der Waals surface area contributed by atoms with Gasteiger partial charge in [-0.15, -0.1) is 0 Å². The van der Waals surface area contributed by atoms with Crippen LogP contribution in [0.4, 0.5) is 4.39 Å². The molecule has 6 nitrogen and oxygen atoms in total. The van der Waals surface area contributed by atoms with Crippen LogP contribution < -0.4 is 5.32 Å². The topological polar surface area (TPSA) is 69.7 Å². The maximum Gasteiger partial charge on any atom is 0.246 e. The molecule has 3 atom stereocenters. The summed E-state index contributed by atoms with van der Waals surface area (Å²) in [5.41, 5.74) is 0. The predicted octanol–water partition coefficient (Wildman–Crippen LogP) is 2.07. The normalized spacial score (nSPS) is 27.5. The van der Waals surface area contributed by atoms with E-state index >= 15 is 0 Å². The SMILES string of the molecule is C[C@@H]1[C@@H](C)CCC[C@H]1NC(=O)CN1CCN(S(=O)(=O)c2ccccc2F)CC1. The Morgan fingerprint density at radius 1 is 1.14 bits per heavy atom. The molecule has 0 spiro atoms. The third-order valence-corrected chi connectivity index (χ3v) is 8.14. The van der Waals surface area contributed by atoms with Crippen LogP contribution in [0.2, 0.25) is 0 Å². The molecule has 1 aromatic rings. The fraction of sp³-hybridized carbons (Fsp3) is 0.650. The van der Waals surface area contributed by atoms with Gasteiger partial charge in [-0.05, 0) is 30.4 Å². The van der Waals surface area contributed by atoms with Gasteiger partial charge in [-0.3, -0.25) is 9.69 Å². The summed E-state index contributed by atoms with van der Waals surface area (Å²) in [6, 6.07) is 5.65. The number of halogens is 1. The summed E-state index contributed by atoms with van der Waals surface area (Å²) in [7, 11) is -3.85. The summed E-state index contributed by atoms with van der Waals surface area (Å²) in [5, 5.41) is 3.16. The molecule has 1 aliphatic heterocycles. The molecule has 1 amide bonds. The van der Waals surface area contributed by atoms with Crippen molar-refractivity contribution in [2.45, 2.75) is 44.0 Å². The van der Waals surface area contributed by atoms with Crippen molar-refractivity contribution in [2.24, 2.45) is 11.8 Å². The Morgan fingerprint density at radius 2 is 1.82 bits per heavy atom. The lowest BCUT2D eigenvalue weighted by Crippen LogP contribution is -2.53. The van der Waals surface area contributed by atoms with Gasteiger partial charge in [0.25, 0.3) is 0 Å². The highest BCUT2D eigenvalue weighted by Crippen LogP contribution is 2.29. The first-order valence-corrected chi connectivity index (χ1v) is 11.5. The van der Waals surface area contributed by atoms with Gasteiger partial charge in [0.15, 0.2) is 0 Å². The molecule has 3 rings (SSSR count). The molecular weight excluding hydrogens is 381 g/mol. The molecule has 1 aliphatic carbocycles. The Kier molecular flexibility index (Phi) is 6.73. The number of sulfonamides is 1. The highest BCUT2D eigenvalue weighted by atomic mass is 32.2. The first-order valence-electron chi connectivity index (χ1n) is 10.1. The van der Waals surface area contributed by atoms with Crippen molar-refractivity contribution < 1.29 is 17.6 Å². The number of amides is 1. The molecule has 156 valence electrons. The first-order chi connectivity index (χ1) is 13.3. The molecule has 28 heavy (non-hydrogen) atoms. The fourth-order valence-corrected chi connectivity index (χ4v) is 5.65. The van der Waals surface area contributed by atoms with Crippen LogP contribution in [0.25, 0.3) is 0 Å². The summed E-state index contributed by atoms with van der Waals surface area (Å²) >= 11 is 0. The van der Waals surface area contributed by atoms with Crippen LogP contribution in [-0.2, 0) is 14.8 Å². The summed E-state index contributed by atoms with van der Waals surface area (Å²) in [6.07, 6.45) is 3.38. The molecule has 2 fully saturated rings. The quantitative estimate of drug-likeness (QED) is 0.805. The molecule has 2 aliphatic rings. The van der Waals surface area contributed by atoms with Crippen LogP contribution >= 0.6 is 0 Å². The van der Waals surface area contributed by atoms with Crippen molar-refractivity contribution in [1.29, 1.82) is 0 Å².